The number of benzene rings is 2. The van der Waals surface area contributed by atoms with Crippen molar-refractivity contribution in [2.45, 2.75) is 18.6 Å². The summed E-state index contributed by atoms with van der Waals surface area (Å²) in [5, 5.41) is 9.31. The number of aryl methyl sites for hydroxylation is 1. The number of imidazole rings is 1. The third-order valence-corrected chi connectivity index (χ3v) is 4.54. The number of thioether (sulfide) groups is 1. The summed E-state index contributed by atoms with van der Waals surface area (Å²) in [6, 6.07) is 16.1. The van der Waals surface area contributed by atoms with Crippen LogP contribution in [0.1, 0.15) is 11.5 Å². The van der Waals surface area contributed by atoms with Crippen LogP contribution in [0.5, 0.6) is 0 Å². The molecule has 24 heavy (non-hydrogen) atoms. The fourth-order valence-electron chi connectivity index (χ4n) is 2.63. The van der Waals surface area contributed by atoms with Crippen LogP contribution >= 0.6 is 11.8 Å². The van der Waals surface area contributed by atoms with Gasteiger partial charge in [-0.05, 0) is 37.4 Å². The van der Waals surface area contributed by atoms with Crippen molar-refractivity contribution < 1.29 is 4.42 Å². The van der Waals surface area contributed by atoms with Gasteiger partial charge in [0.2, 0.25) is 11.8 Å². The maximum Gasteiger partial charge on any atom is 0.247 e. The number of fused-ring (bicyclic) bond motifs is 1. The Hall–Kier alpha value is -2.60. The molecule has 0 fully saturated rings. The van der Waals surface area contributed by atoms with E-state index in [1.54, 1.807) is 11.8 Å². The van der Waals surface area contributed by atoms with Crippen molar-refractivity contribution in [3.05, 3.63) is 60.0 Å². The summed E-state index contributed by atoms with van der Waals surface area (Å²) in [4.78, 5) is 4.64. The quantitative estimate of drug-likeness (QED) is 0.524. The van der Waals surface area contributed by atoms with E-state index in [1.807, 2.05) is 48.7 Å². The van der Waals surface area contributed by atoms with E-state index >= 15 is 0 Å². The fraction of sp³-hybridized carbons (Fsp3) is 0.167. The van der Waals surface area contributed by atoms with Crippen LogP contribution in [-0.2, 0) is 6.54 Å². The Kier molecular flexibility index (Phi) is 3.82. The monoisotopic (exact) mass is 336 g/mol. The van der Waals surface area contributed by atoms with Crippen LogP contribution < -0.4 is 0 Å². The van der Waals surface area contributed by atoms with Crippen LogP contribution in [-0.4, -0.2) is 26.0 Å². The second kappa shape index (κ2) is 6.13. The van der Waals surface area contributed by atoms with Crippen LogP contribution in [0.15, 0.2) is 58.1 Å². The molecule has 0 saturated carbocycles. The Morgan fingerprint density at radius 1 is 1.04 bits per heavy atom. The molecule has 2 aromatic heterocycles. The van der Waals surface area contributed by atoms with Gasteiger partial charge in [-0.3, -0.25) is 0 Å². The Bertz CT molecular complexity index is 988. The number of nitrogens with zero attached hydrogens (tertiary/aromatic N) is 4. The first kappa shape index (κ1) is 15.0. The first-order chi connectivity index (χ1) is 11.7. The van der Waals surface area contributed by atoms with Crippen molar-refractivity contribution in [1.82, 2.24) is 19.7 Å². The van der Waals surface area contributed by atoms with Gasteiger partial charge in [0.1, 0.15) is 6.54 Å². The van der Waals surface area contributed by atoms with Gasteiger partial charge < -0.3 is 8.98 Å². The van der Waals surface area contributed by atoms with Gasteiger partial charge in [-0.1, -0.05) is 41.6 Å². The first-order valence-corrected chi connectivity index (χ1v) is 8.86. The SMILES string of the molecule is CSc1nc2ccccc2n1Cc1nnc(-c2ccc(C)cc2)o1. The smallest absolute Gasteiger partial charge is 0.247 e. The second-order valence-electron chi connectivity index (χ2n) is 5.54. The number of aromatic nitrogens is 4. The highest BCUT2D eigenvalue weighted by Crippen LogP contribution is 2.24. The van der Waals surface area contributed by atoms with Gasteiger partial charge in [0.15, 0.2) is 5.16 Å². The van der Waals surface area contributed by atoms with E-state index in [2.05, 4.69) is 32.7 Å². The maximum atomic E-state index is 5.85. The zero-order valence-electron chi connectivity index (χ0n) is 13.4. The molecule has 4 aromatic rings. The average molecular weight is 336 g/mol. The van der Waals surface area contributed by atoms with Crippen molar-refractivity contribution in [2.24, 2.45) is 0 Å². The topological polar surface area (TPSA) is 56.7 Å². The predicted octanol–water partition coefficient (Wildman–Crippen LogP) is 4.16. The minimum absolute atomic E-state index is 0.509. The van der Waals surface area contributed by atoms with Gasteiger partial charge in [0.05, 0.1) is 11.0 Å². The number of hydrogen-bond acceptors (Lipinski definition) is 5. The Morgan fingerprint density at radius 2 is 1.83 bits per heavy atom. The van der Waals surface area contributed by atoms with Gasteiger partial charge >= 0.3 is 0 Å². The summed E-state index contributed by atoms with van der Waals surface area (Å²) in [7, 11) is 0. The predicted molar refractivity (Wildman–Crippen MR) is 95.1 cm³/mol. The highest BCUT2D eigenvalue weighted by molar-refractivity contribution is 7.98. The van der Waals surface area contributed by atoms with E-state index in [0.29, 0.717) is 18.3 Å². The molecule has 0 bridgehead atoms. The fourth-order valence-corrected chi connectivity index (χ4v) is 3.20. The van der Waals surface area contributed by atoms with Gasteiger partial charge in [-0.15, -0.1) is 10.2 Å². The molecule has 0 aliphatic carbocycles. The van der Waals surface area contributed by atoms with Crippen LogP contribution in [0.2, 0.25) is 0 Å². The molecule has 0 radical (unpaired) electrons. The molecule has 0 aliphatic heterocycles. The summed E-state index contributed by atoms with van der Waals surface area (Å²) < 4.78 is 7.95. The van der Waals surface area contributed by atoms with Crippen LogP contribution in [0, 0.1) is 6.92 Å². The standard InChI is InChI=1S/C18H16N4OS/c1-12-7-9-13(10-8-12)17-21-20-16(23-17)11-22-15-6-4-3-5-14(15)19-18(22)24-2/h3-10H,11H2,1-2H3. The summed E-state index contributed by atoms with van der Waals surface area (Å²) in [6.45, 7) is 2.56. The zero-order chi connectivity index (χ0) is 16.5. The lowest BCUT2D eigenvalue weighted by Gasteiger charge is -2.03. The summed E-state index contributed by atoms with van der Waals surface area (Å²) in [5.41, 5.74) is 4.17. The van der Waals surface area contributed by atoms with Gasteiger partial charge in [-0.25, -0.2) is 4.98 Å². The van der Waals surface area contributed by atoms with Crippen LogP contribution in [0.4, 0.5) is 0 Å². The maximum absolute atomic E-state index is 5.85. The summed E-state index contributed by atoms with van der Waals surface area (Å²) in [5.74, 6) is 1.11. The lowest BCUT2D eigenvalue weighted by molar-refractivity contribution is 0.482. The van der Waals surface area contributed by atoms with Crippen LogP contribution in [0.25, 0.3) is 22.5 Å². The van der Waals surface area contributed by atoms with E-state index in [9.17, 15) is 0 Å². The molecule has 2 heterocycles. The molecule has 0 unspecified atom stereocenters. The van der Waals surface area contributed by atoms with Crippen LogP contribution in [0.3, 0.4) is 0 Å². The third kappa shape index (κ3) is 2.69. The molecule has 0 saturated heterocycles. The Labute approximate surface area is 143 Å². The normalized spacial score (nSPS) is 11.2. The Morgan fingerprint density at radius 3 is 2.62 bits per heavy atom. The molecule has 4 rings (SSSR count). The van der Waals surface area contributed by atoms with Gasteiger partial charge in [0.25, 0.3) is 0 Å². The minimum atomic E-state index is 0.509. The lowest BCUT2D eigenvalue weighted by Crippen LogP contribution is -2.01. The molecule has 6 heteroatoms. The van der Waals surface area contributed by atoms with Crippen molar-refractivity contribution in [1.29, 1.82) is 0 Å². The van der Waals surface area contributed by atoms with E-state index in [4.69, 9.17) is 4.42 Å². The lowest BCUT2D eigenvalue weighted by atomic mass is 10.1. The molecular formula is C18H16N4OS. The Balaban J connectivity index is 1.68. The molecule has 0 atom stereocenters. The van der Waals surface area contributed by atoms with Gasteiger partial charge in [0, 0.05) is 5.56 Å². The molecule has 0 amide bonds. The molecular weight excluding hydrogens is 320 g/mol. The number of hydrogen-bond donors (Lipinski definition) is 0. The van der Waals surface area contributed by atoms with E-state index in [1.165, 1.54) is 5.56 Å². The average Bonchev–Trinajstić information content (AvgIpc) is 3.21. The van der Waals surface area contributed by atoms with Crippen molar-refractivity contribution in [3.63, 3.8) is 0 Å². The number of para-hydroxylation sites is 2. The molecule has 5 nitrogen and oxygen atoms in total. The minimum Gasteiger partial charge on any atom is -0.419 e. The molecule has 0 N–H and O–H groups in total. The zero-order valence-corrected chi connectivity index (χ0v) is 14.2. The van der Waals surface area contributed by atoms with Crippen molar-refractivity contribution >= 4 is 22.8 Å². The van der Waals surface area contributed by atoms with Crippen molar-refractivity contribution in [3.8, 4) is 11.5 Å². The van der Waals surface area contributed by atoms with Crippen molar-refractivity contribution in [2.75, 3.05) is 6.26 Å². The highest BCUT2D eigenvalue weighted by Gasteiger charge is 2.14. The first-order valence-electron chi connectivity index (χ1n) is 7.63. The molecule has 0 aliphatic rings. The van der Waals surface area contributed by atoms with E-state index in [-0.39, 0.29) is 0 Å². The highest BCUT2D eigenvalue weighted by atomic mass is 32.2. The number of rotatable bonds is 4. The largest absolute Gasteiger partial charge is 0.419 e. The van der Waals surface area contributed by atoms with Gasteiger partial charge in [-0.2, -0.15) is 0 Å². The molecule has 2 aromatic carbocycles. The third-order valence-electron chi connectivity index (χ3n) is 3.86. The summed E-state index contributed by atoms with van der Waals surface area (Å²) >= 11 is 1.61. The molecule has 120 valence electrons. The molecule has 0 spiro atoms. The van der Waals surface area contributed by atoms with E-state index < -0.39 is 0 Å². The van der Waals surface area contributed by atoms with E-state index in [0.717, 1.165) is 21.8 Å². The second-order valence-corrected chi connectivity index (χ2v) is 6.31. The summed E-state index contributed by atoms with van der Waals surface area (Å²) in [6.07, 6.45) is 2.02.